The fourth-order valence-electron chi connectivity index (χ4n) is 2.35. The molecular formula is C15H21ClFNOS. The first kappa shape index (κ1) is 16.1. The molecule has 0 spiro atoms. The summed E-state index contributed by atoms with van der Waals surface area (Å²) >= 11 is 7.97. The maximum absolute atomic E-state index is 13.5. The van der Waals surface area contributed by atoms with Gasteiger partial charge in [0.2, 0.25) is 0 Å². The summed E-state index contributed by atoms with van der Waals surface area (Å²) in [6.07, 6.45) is 1.93. The molecule has 2 atom stereocenters. The van der Waals surface area contributed by atoms with Crippen molar-refractivity contribution >= 4 is 23.4 Å². The van der Waals surface area contributed by atoms with Crippen LogP contribution in [0.2, 0.25) is 5.02 Å². The van der Waals surface area contributed by atoms with Gasteiger partial charge >= 0.3 is 0 Å². The molecule has 112 valence electrons. The largest absolute Gasteiger partial charge is 0.375 e. The summed E-state index contributed by atoms with van der Waals surface area (Å²) in [6, 6.07) is 5.18. The topological polar surface area (TPSA) is 21.3 Å². The summed E-state index contributed by atoms with van der Waals surface area (Å²) in [7, 11) is 0. The van der Waals surface area contributed by atoms with Crippen molar-refractivity contribution in [1.29, 1.82) is 0 Å². The second-order valence-corrected chi connectivity index (χ2v) is 6.49. The van der Waals surface area contributed by atoms with E-state index in [2.05, 4.69) is 12.2 Å². The molecule has 2 rings (SSSR count). The lowest BCUT2D eigenvalue weighted by atomic mass is 10.0. The Hall–Kier alpha value is -0.290. The van der Waals surface area contributed by atoms with Crippen LogP contribution in [0.3, 0.4) is 0 Å². The molecule has 1 aromatic carbocycles. The van der Waals surface area contributed by atoms with Gasteiger partial charge < -0.3 is 10.1 Å². The van der Waals surface area contributed by atoms with Gasteiger partial charge in [-0.2, -0.15) is 11.8 Å². The van der Waals surface area contributed by atoms with E-state index in [0.29, 0.717) is 6.42 Å². The summed E-state index contributed by atoms with van der Waals surface area (Å²) in [5, 5.41) is 3.75. The minimum Gasteiger partial charge on any atom is -0.375 e. The summed E-state index contributed by atoms with van der Waals surface area (Å²) in [5.41, 5.74) is 0.847. The number of hydrogen-bond donors (Lipinski definition) is 1. The van der Waals surface area contributed by atoms with Gasteiger partial charge in [-0.1, -0.05) is 30.7 Å². The molecule has 0 saturated carbocycles. The van der Waals surface area contributed by atoms with Crippen molar-refractivity contribution < 1.29 is 9.13 Å². The molecule has 1 aromatic rings. The van der Waals surface area contributed by atoms with Crippen LogP contribution in [0.1, 0.15) is 18.9 Å². The Bertz CT molecular complexity index is 426. The smallest absolute Gasteiger partial charge is 0.142 e. The van der Waals surface area contributed by atoms with Crippen molar-refractivity contribution in [2.45, 2.75) is 31.9 Å². The molecule has 0 aliphatic carbocycles. The highest BCUT2D eigenvalue weighted by atomic mass is 35.5. The third kappa shape index (κ3) is 4.35. The zero-order valence-electron chi connectivity index (χ0n) is 11.7. The average Bonchev–Trinajstić information content (AvgIpc) is 2.48. The molecule has 1 saturated heterocycles. The van der Waals surface area contributed by atoms with Gasteiger partial charge in [0.15, 0.2) is 0 Å². The Labute approximate surface area is 129 Å². The van der Waals surface area contributed by atoms with E-state index in [1.807, 2.05) is 17.8 Å². The molecule has 1 fully saturated rings. The van der Waals surface area contributed by atoms with Crippen LogP contribution in [0.5, 0.6) is 0 Å². The number of benzene rings is 1. The first-order valence-electron chi connectivity index (χ1n) is 7.08. The molecule has 20 heavy (non-hydrogen) atoms. The Morgan fingerprint density at radius 2 is 2.40 bits per heavy atom. The van der Waals surface area contributed by atoms with Crippen molar-refractivity contribution in [3.8, 4) is 0 Å². The van der Waals surface area contributed by atoms with Gasteiger partial charge in [0.1, 0.15) is 5.82 Å². The first-order chi connectivity index (χ1) is 9.72. The van der Waals surface area contributed by atoms with Crippen LogP contribution in [-0.4, -0.2) is 36.8 Å². The van der Waals surface area contributed by atoms with Crippen LogP contribution in [0.25, 0.3) is 0 Å². The third-order valence-corrected chi connectivity index (χ3v) is 4.86. The summed E-state index contributed by atoms with van der Waals surface area (Å²) < 4.78 is 19.4. The quantitative estimate of drug-likeness (QED) is 0.867. The van der Waals surface area contributed by atoms with E-state index in [1.165, 1.54) is 6.07 Å². The van der Waals surface area contributed by atoms with E-state index >= 15 is 0 Å². The van der Waals surface area contributed by atoms with Gasteiger partial charge in [-0.3, -0.25) is 0 Å². The molecular weight excluding hydrogens is 297 g/mol. The molecule has 0 amide bonds. The van der Waals surface area contributed by atoms with Crippen molar-refractivity contribution in [2.24, 2.45) is 0 Å². The van der Waals surface area contributed by atoms with E-state index in [-0.39, 0.29) is 23.0 Å². The lowest BCUT2D eigenvalue weighted by Crippen LogP contribution is -2.46. The summed E-state index contributed by atoms with van der Waals surface area (Å²) in [6.45, 7) is 3.86. The van der Waals surface area contributed by atoms with E-state index in [0.717, 1.165) is 36.6 Å². The lowest BCUT2D eigenvalue weighted by molar-refractivity contribution is 0.0472. The Morgan fingerprint density at radius 1 is 1.55 bits per heavy atom. The van der Waals surface area contributed by atoms with E-state index in [1.54, 1.807) is 6.07 Å². The number of hydrogen-bond acceptors (Lipinski definition) is 3. The predicted molar refractivity (Wildman–Crippen MR) is 84.3 cm³/mol. The number of halogens is 2. The molecule has 1 heterocycles. The van der Waals surface area contributed by atoms with Crippen LogP contribution in [0.4, 0.5) is 4.39 Å². The van der Waals surface area contributed by atoms with E-state index < -0.39 is 0 Å². The van der Waals surface area contributed by atoms with Crippen LogP contribution in [0.15, 0.2) is 18.2 Å². The fourth-order valence-corrected chi connectivity index (χ4v) is 3.49. The molecule has 0 radical (unpaired) electrons. The van der Waals surface area contributed by atoms with E-state index in [9.17, 15) is 4.39 Å². The maximum Gasteiger partial charge on any atom is 0.142 e. The Morgan fingerprint density at radius 3 is 3.10 bits per heavy atom. The molecule has 1 aliphatic rings. The van der Waals surface area contributed by atoms with Crippen molar-refractivity contribution in [3.05, 3.63) is 34.6 Å². The molecule has 2 nitrogen and oxygen atoms in total. The maximum atomic E-state index is 13.5. The van der Waals surface area contributed by atoms with Crippen LogP contribution in [-0.2, 0) is 11.2 Å². The van der Waals surface area contributed by atoms with Crippen molar-refractivity contribution in [3.63, 3.8) is 0 Å². The molecule has 5 heteroatoms. The lowest BCUT2D eigenvalue weighted by Gasteiger charge is -2.31. The minimum absolute atomic E-state index is 0.166. The Balaban J connectivity index is 2.07. The van der Waals surface area contributed by atoms with Gasteiger partial charge in [0.25, 0.3) is 0 Å². The highest BCUT2D eigenvalue weighted by molar-refractivity contribution is 7.99. The van der Waals surface area contributed by atoms with Gasteiger partial charge in [-0.15, -0.1) is 0 Å². The normalized spacial score (nSPS) is 20.9. The predicted octanol–water partition coefficient (Wildman–Crippen LogP) is 3.52. The van der Waals surface area contributed by atoms with Crippen LogP contribution in [0, 0.1) is 5.82 Å². The van der Waals surface area contributed by atoms with Crippen LogP contribution >= 0.6 is 23.4 Å². The highest BCUT2D eigenvalue weighted by Crippen LogP contribution is 2.24. The van der Waals surface area contributed by atoms with Gasteiger partial charge in [-0.05, 0) is 31.0 Å². The zero-order chi connectivity index (χ0) is 14.4. The molecule has 2 unspecified atom stereocenters. The van der Waals surface area contributed by atoms with Gasteiger partial charge in [0.05, 0.1) is 17.7 Å². The number of ether oxygens (including phenoxy) is 1. The van der Waals surface area contributed by atoms with E-state index in [4.69, 9.17) is 16.3 Å². The monoisotopic (exact) mass is 317 g/mol. The zero-order valence-corrected chi connectivity index (χ0v) is 13.3. The molecule has 0 bridgehead atoms. The fraction of sp³-hybridized carbons (Fsp3) is 0.600. The number of thioether (sulfide) groups is 1. The Kier molecular flexibility index (Phi) is 6.62. The third-order valence-electron chi connectivity index (χ3n) is 3.42. The van der Waals surface area contributed by atoms with Crippen LogP contribution < -0.4 is 5.32 Å². The SMILES string of the molecule is CCCNC(Cc1cccc(F)c1Cl)C1CSCCO1. The summed E-state index contributed by atoms with van der Waals surface area (Å²) in [5.74, 6) is 1.68. The highest BCUT2D eigenvalue weighted by Gasteiger charge is 2.25. The first-order valence-corrected chi connectivity index (χ1v) is 8.61. The second-order valence-electron chi connectivity index (χ2n) is 4.96. The number of rotatable bonds is 6. The average molecular weight is 318 g/mol. The molecule has 0 aromatic heterocycles. The van der Waals surface area contributed by atoms with Gasteiger partial charge in [-0.25, -0.2) is 4.39 Å². The summed E-state index contributed by atoms with van der Waals surface area (Å²) in [4.78, 5) is 0. The number of nitrogens with one attached hydrogen (secondary N) is 1. The van der Waals surface area contributed by atoms with Crippen molar-refractivity contribution in [1.82, 2.24) is 5.32 Å². The van der Waals surface area contributed by atoms with Crippen molar-refractivity contribution in [2.75, 3.05) is 24.7 Å². The minimum atomic E-state index is -0.350. The standard InChI is InChI=1S/C15H21ClFNOS/c1-2-6-18-13(14-10-20-8-7-19-14)9-11-4-3-5-12(17)15(11)16/h3-5,13-14,18H,2,6-10H2,1H3. The molecule has 1 aliphatic heterocycles. The second kappa shape index (κ2) is 8.23. The van der Waals surface area contributed by atoms with Gasteiger partial charge in [0, 0.05) is 17.5 Å². The molecule has 1 N–H and O–H groups in total.